The van der Waals surface area contributed by atoms with Crippen molar-refractivity contribution < 1.29 is 4.79 Å². The van der Waals surface area contributed by atoms with Gasteiger partial charge in [0.05, 0.1) is 0 Å². The maximum Gasteiger partial charge on any atom is 0.251 e. The Morgan fingerprint density at radius 1 is 1.04 bits per heavy atom. The van der Waals surface area contributed by atoms with Crippen LogP contribution in [0.1, 0.15) is 34.3 Å². The van der Waals surface area contributed by atoms with Crippen molar-refractivity contribution in [1.29, 1.82) is 0 Å². The number of rotatable bonds is 6. The molecular formula is C19H23ClN2O. The van der Waals surface area contributed by atoms with Crippen molar-refractivity contribution in [1.82, 2.24) is 5.32 Å². The SMILES string of the molecule is Cl.NCc1ccc(C(=O)NC(Cc2ccccc2)C2CC2)cc1. The fraction of sp³-hybridized carbons (Fsp3) is 0.316. The molecule has 1 amide bonds. The second kappa shape index (κ2) is 8.14. The van der Waals surface area contributed by atoms with Gasteiger partial charge in [0.25, 0.3) is 5.91 Å². The largest absolute Gasteiger partial charge is 0.349 e. The van der Waals surface area contributed by atoms with E-state index in [1.807, 2.05) is 42.5 Å². The number of amides is 1. The average molecular weight is 331 g/mol. The van der Waals surface area contributed by atoms with Gasteiger partial charge < -0.3 is 11.1 Å². The predicted octanol–water partition coefficient (Wildman–Crippen LogP) is 3.32. The highest BCUT2D eigenvalue weighted by Gasteiger charge is 2.32. The van der Waals surface area contributed by atoms with Crippen LogP contribution in [0.2, 0.25) is 0 Å². The third-order valence-electron chi connectivity index (χ3n) is 4.26. The number of nitrogens with one attached hydrogen (secondary N) is 1. The van der Waals surface area contributed by atoms with Gasteiger partial charge in [-0.3, -0.25) is 4.79 Å². The zero-order chi connectivity index (χ0) is 15.4. The van der Waals surface area contributed by atoms with Crippen LogP contribution in [0.25, 0.3) is 0 Å². The van der Waals surface area contributed by atoms with Crippen LogP contribution in [0.15, 0.2) is 54.6 Å². The van der Waals surface area contributed by atoms with Gasteiger partial charge in [-0.05, 0) is 48.4 Å². The molecule has 0 radical (unpaired) electrons. The number of hydrogen-bond donors (Lipinski definition) is 2. The van der Waals surface area contributed by atoms with Crippen molar-refractivity contribution in [3.8, 4) is 0 Å². The Bertz CT molecular complexity index is 624. The van der Waals surface area contributed by atoms with Gasteiger partial charge in [0.15, 0.2) is 0 Å². The molecule has 1 saturated carbocycles. The molecule has 1 atom stereocenters. The van der Waals surface area contributed by atoms with Crippen LogP contribution in [-0.4, -0.2) is 11.9 Å². The Morgan fingerprint density at radius 2 is 1.70 bits per heavy atom. The highest BCUT2D eigenvalue weighted by atomic mass is 35.5. The Labute approximate surface area is 143 Å². The smallest absolute Gasteiger partial charge is 0.251 e. The third kappa shape index (κ3) is 4.81. The molecule has 1 fully saturated rings. The topological polar surface area (TPSA) is 55.1 Å². The van der Waals surface area contributed by atoms with Crippen LogP contribution in [0.4, 0.5) is 0 Å². The second-order valence-electron chi connectivity index (χ2n) is 6.01. The van der Waals surface area contributed by atoms with Gasteiger partial charge >= 0.3 is 0 Å². The molecule has 2 aromatic carbocycles. The second-order valence-corrected chi connectivity index (χ2v) is 6.01. The first-order valence-corrected chi connectivity index (χ1v) is 7.90. The fourth-order valence-electron chi connectivity index (χ4n) is 2.75. The molecule has 3 N–H and O–H groups in total. The van der Waals surface area contributed by atoms with Gasteiger partial charge in [-0.1, -0.05) is 42.5 Å². The summed E-state index contributed by atoms with van der Waals surface area (Å²) in [6.45, 7) is 0.501. The molecule has 23 heavy (non-hydrogen) atoms. The number of nitrogens with two attached hydrogens (primary N) is 1. The molecule has 0 spiro atoms. The van der Waals surface area contributed by atoms with Gasteiger partial charge in [-0.2, -0.15) is 0 Å². The lowest BCUT2D eigenvalue weighted by Gasteiger charge is -2.18. The number of benzene rings is 2. The predicted molar refractivity (Wildman–Crippen MR) is 95.7 cm³/mol. The van der Waals surface area contributed by atoms with Crippen molar-refractivity contribution >= 4 is 18.3 Å². The zero-order valence-corrected chi connectivity index (χ0v) is 13.9. The summed E-state index contributed by atoms with van der Waals surface area (Å²) in [7, 11) is 0. The maximum absolute atomic E-state index is 12.4. The van der Waals surface area contributed by atoms with Crippen LogP contribution < -0.4 is 11.1 Å². The van der Waals surface area contributed by atoms with Crippen molar-refractivity contribution in [3.05, 3.63) is 71.3 Å². The first-order valence-electron chi connectivity index (χ1n) is 7.90. The summed E-state index contributed by atoms with van der Waals surface area (Å²) >= 11 is 0. The van der Waals surface area contributed by atoms with Crippen LogP contribution in [0.5, 0.6) is 0 Å². The monoisotopic (exact) mass is 330 g/mol. The van der Waals surface area contributed by atoms with Gasteiger partial charge in [-0.15, -0.1) is 12.4 Å². The first kappa shape index (κ1) is 17.5. The van der Waals surface area contributed by atoms with E-state index in [0.717, 1.165) is 12.0 Å². The third-order valence-corrected chi connectivity index (χ3v) is 4.26. The van der Waals surface area contributed by atoms with Crippen molar-refractivity contribution in [2.24, 2.45) is 11.7 Å². The minimum absolute atomic E-state index is 0. The normalized spacial score (nSPS) is 14.7. The lowest BCUT2D eigenvalue weighted by Crippen LogP contribution is -2.38. The molecule has 0 heterocycles. The van der Waals surface area contributed by atoms with Gasteiger partial charge in [0.2, 0.25) is 0 Å². The van der Waals surface area contributed by atoms with Crippen LogP contribution >= 0.6 is 12.4 Å². The summed E-state index contributed by atoms with van der Waals surface area (Å²) in [5.74, 6) is 0.629. The molecule has 3 rings (SSSR count). The van der Waals surface area contributed by atoms with E-state index in [2.05, 4.69) is 17.4 Å². The standard InChI is InChI=1S/C19H22N2O.ClH/c20-13-15-6-8-17(9-7-15)19(22)21-18(16-10-11-16)12-14-4-2-1-3-5-14;/h1-9,16,18H,10-13,20H2,(H,21,22);1H. The highest BCUT2D eigenvalue weighted by Crippen LogP contribution is 2.34. The number of hydrogen-bond acceptors (Lipinski definition) is 2. The zero-order valence-electron chi connectivity index (χ0n) is 13.1. The Balaban J connectivity index is 0.00000192. The Morgan fingerprint density at radius 3 is 2.26 bits per heavy atom. The van der Waals surface area contributed by atoms with E-state index in [9.17, 15) is 4.79 Å². The minimum atomic E-state index is 0. The Kier molecular flexibility index (Phi) is 6.20. The Hall–Kier alpha value is -1.84. The quantitative estimate of drug-likeness (QED) is 0.853. The van der Waals surface area contributed by atoms with Gasteiger partial charge in [0, 0.05) is 18.2 Å². The average Bonchev–Trinajstić information content (AvgIpc) is 3.40. The highest BCUT2D eigenvalue weighted by molar-refractivity contribution is 5.94. The molecule has 0 aliphatic heterocycles. The molecule has 0 bridgehead atoms. The van der Waals surface area contributed by atoms with Crippen LogP contribution in [-0.2, 0) is 13.0 Å². The van der Waals surface area contributed by atoms with Crippen molar-refractivity contribution in [2.45, 2.75) is 31.8 Å². The van der Waals surface area contributed by atoms with E-state index in [0.29, 0.717) is 18.0 Å². The molecular weight excluding hydrogens is 308 g/mol. The van der Waals surface area contributed by atoms with Crippen LogP contribution in [0.3, 0.4) is 0 Å². The lowest BCUT2D eigenvalue weighted by molar-refractivity contribution is 0.0932. The van der Waals surface area contributed by atoms with Crippen molar-refractivity contribution in [3.63, 3.8) is 0 Å². The minimum Gasteiger partial charge on any atom is -0.349 e. The van der Waals surface area contributed by atoms with Crippen LogP contribution in [0, 0.1) is 5.92 Å². The molecule has 0 saturated heterocycles. The molecule has 3 nitrogen and oxygen atoms in total. The lowest BCUT2D eigenvalue weighted by atomic mass is 10.0. The van der Waals surface area contributed by atoms with E-state index in [-0.39, 0.29) is 24.4 Å². The van der Waals surface area contributed by atoms with E-state index < -0.39 is 0 Å². The van der Waals surface area contributed by atoms with Gasteiger partial charge in [-0.25, -0.2) is 0 Å². The number of carbonyl (C=O) groups is 1. The molecule has 122 valence electrons. The number of carbonyl (C=O) groups excluding carboxylic acids is 1. The molecule has 0 aromatic heterocycles. The van der Waals surface area contributed by atoms with E-state index in [1.54, 1.807) is 0 Å². The van der Waals surface area contributed by atoms with Gasteiger partial charge in [0.1, 0.15) is 0 Å². The summed E-state index contributed by atoms with van der Waals surface area (Å²) in [5.41, 5.74) is 8.61. The van der Waals surface area contributed by atoms with E-state index in [4.69, 9.17) is 5.73 Å². The molecule has 1 unspecified atom stereocenters. The summed E-state index contributed by atoms with van der Waals surface area (Å²) in [4.78, 5) is 12.4. The summed E-state index contributed by atoms with van der Waals surface area (Å²) < 4.78 is 0. The van der Waals surface area contributed by atoms with Crippen molar-refractivity contribution in [2.75, 3.05) is 0 Å². The molecule has 2 aromatic rings. The summed E-state index contributed by atoms with van der Waals surface area (Å²) in [5, 5.41) is 3.21. The summed E-state index contributed by atoms with van der Waals surface area (Å²) in [6.07, 6.45) is 3.33. The number of halogens is 1. The maximum atomic E-state index is 12.4. The first-order chi connectivity index (χ1) is 10.8. The molecule has 4 heteroatoms. The fourth-order valence-corrected chi connectivity index (χ4v) is 2.75. The van der Waals surface area contributed by atoms with E-state index >= 15 is 0 Å². The van der Waals surface area contributed by atoms with E-state index in [1.165, 1.54) is 18.4 Å². The molecule has 1 aliphatic carbocycles. The molecule has 1 aliphatic rings. The summed E-state index contributed by atoms with van der Waals surface area (Å²) in [6, 6.07) is 18.1.